The van der Waals surface area contributed by atoms with E-state index in [0.29, 0.717) is 11.6 Å². The number of halogens is 1. The lowest BCUT2D eigenvalue weighted by atomic mass is 10.1. The molecule has 2 N–H and O–H groups in total. The zero-order valence-corrected chi connectivity index (χ0v) is 9.14. The van der Waals surface area contributed by atoms with Crippen LogP contribution in [0.2, 0.25) is 5.02 Å². The van der Waals surface area contributed by atoms with Gasteiger partial charge in [-0.15, -0.1) is 0 Å². The molecular formula is C11H14ClNO. The van der Waals surface area contributed by atoms with Crippen molar-refractivity contribution in [1.82, 2.24) is 0 Å². The molecule has 3 heteroatoms. The number of methoxy groups -OCH3 is 1. The first-order valence-electron chi connectivity index (χ1n) is 4.38. The van der Waals surface area contributed by atoms with Crippen LogP contribution in [0.4, 0.5) is 0 Å². The highest BCUT2D eigenvalue weighted by molar-refractivity contribution is 6.30. The first-order chi connectivity index (χ1) is 6.67. The molecule has 0 saturated heterocycles. The maximum Gasteiger partial charge on any atom is 0.126 e. The molecule has 0 heterocycles. The van der Waals surface area contributed by atoms with E-state index in [-0.39, 0.29) is 0 Å². The Morgan fingerprint density at radius 1 is 1.57 bits per heavy atom. The second kappa shape index (κ2) is 5.03. The number of benzene rings is 1. The van der Waals surface area contributed by atoms with Gasteiger partial charge in [0.05, 0.1) is 7.11 Å². The van der Waals surface area contributed by atoms with E-state index in [1.54, 1.807) is 13.2 Å². The van der Waals surface area contributed by atoms with Crippen molar-refractivity contribution in [3.05, 3.63) is 34.4 Å². The van der Waals surface area contributed by atoms with Crippen LogP contribution in [-0.4, -0.2) is 13.7 Å². The number of hydrogen-bond acceptors (Lipinski definition) is 2. The Morgan fingerprint density at radius 3 is 2.86 bits per heavy atom. The molecule has 0 aliphatic rings. The third-order valence-corrected chi connectivity index (χ3v) is 2.15. The Hall–Kier alpha value is -0.990. The second-order valence-corrected chi connectivity index (χ2v) is 3.52. The Labute approximate surface area is 89.3 Å². The maximum atomic E-state index is 5.88. The molecule has 1 rings (SSSR count). The van der Waals surface area contributed by atoms with Crippen LogP contribution in [0, 0.1) is 0 Å². The van der Waals surface area contributed by atoms with Gasteiger partial charge in [-0.3, -0.25) is 0 Å². The molecule has 76 valence electrons. The van der Waals surface area contributed by atoms with E-state index in [2.05, 4.69) is 0 Å². The summed E-state index contributed by atoms with van der Waals surface area (Å²) < 4.78 is 5.20. The SMILES string of the molecule is COc1ccc(Cl)cc1/C=C(/C)CN. The minimum atomic E-state index is 0.537. The molecule has 1 aromatic rings. The van der Waals surface area contributed by atoms with Gasteiger partial charge >= 0.3 is 0 Å². The fraction of sp³-hybridized carbons (Fsp3) is 0.273. The van der Waals surface area contributed by atoms with Crippen molar-refractivity contribution in [1.29, 1.82) is 0 Å². The topological polar surface area (TPSA) is 35.2 Å². The summed E-state index contributed by atoms with van der Waals surface area (Å²) in [5.74, 6) is 0.808. The zero-order chi connectivity index (χ0) is 10.6. The molecule has 0 bridgehead atoms. The summed E-state index contributed by atoms with van der Waals surface area (Å²) in [7, 11) is 1.64. The molecule has 0 atom stereocenters. The predicted molar refractivity (Wildman–Crippen MR) is 60.7 cm³/mol. The van der Waals surface area contributed by atoms with Gasteiger partial charge in [-0.1, -0.05) is 23.3 Å². The van der Waals surface area contributed by atoms with Gasteiger partial charge in [-0.2, -0.15) is 0 Å². The fourth-order valence-corrected chi connectivity index (χ4v) is 1.32. The molecule has 0 fully saturated rings. The van der Waals surface area contributed by atoms with Gasteiger partial charge in [0, 0.05) is 17.1 Å². The Morgan fingerprint density at radius 2 is 2.29 bits per heavy atom. The van der Waals surface area contributed by atoms with Gasteiger partial charge in [0.15, 0.2) is 0 Å². The highest BCUT2D eigenvalue weighted by Gasteiger charge is 2.00. The van der Waals surface area contributed by atoms with Gasteiger partial charge in [-0.25, -0.2) is 0 Å². The molecule has 14 heavy (non-hydrogen) atoms. The third kappa shape index (κ3) is 2.76. The number of ether oxygens (including phenoxy) is 1. The summed E-state index contributed by atoms with van der Waals surface area (Å²) in [6.45, 7) is 2.51. The highest BCUT2D eigenvalue weighted by atomic mass is 35.5. The van der Waals surface area contributed by atoms with Crippen molar-refractivity contribution in [2.75, 3.05) is 13.7 Å². The summed E-state index contributed by atoms with van der Waals surface area (Å²) >= 11 is 5.88. The molecule has 0 aromatic heterocycles. The van der Waals surface area contributed by atoms with Crippen LogP contribution in [0.1, 0.15) is 12.5 Å². The largest absolute Gasteiger partial charge is 0.496 e. The minimum Gasteiger partial charge on any atom is -0.496 e. The number of rotatable bonds is 3. The van der Waals surface area contributed by atoms with Crippen LogP contribution < -0.4 is 10.5 Å². The van der Waals surface area contributed by atoms with E-state index >= 15 is 0 Å². The van der Waals surface area contributed by atoms with E-state index in [1.807, 2.05) is 25.1 Å². The summed E-state index contributed by atoms with van der Waals surface area (Å²) in [5.41, 5.74) is 7.56. The molecule has 0 unspecified atom stereocenters. The van der Waals surface area contributed by atoms with Crippen LogP contribution in [0.3, 0.4) is 0 Å². The normalized spacial score (nSPS) is 11.6. The lowest BCUT2D eigenvalue weighted by Crippen LogP contribution is -1.99. The van der Waals surface area contributed by atoms with Crippen molar-refractivity contribution in [2.24, 2.45) is 5.73 Å². The van der Waals surface area contributed by atoms with E-state index in [4.69, 9.17) is 22.1 Å². The highest BCUT2D eigenvalue weighted by Crippen LogP contribution is 2.24. The van der Waals surface area contributed by atoms with Crippen molar-refractivity contribution in [3.63, 3.8) is 0 Å². The minimum absolute atomic E-state index is 0.537. The molecular weight excluding hydrogens is 198 g/mol. The zero-order valence-electron chi connectivity index (χ0n) is 8.38. The van der Waals surface area contributed by atoms with Crippen LogP contribution in [0.15, 0.2) is 23.8 Å². The van der Waals surface area contributed by atoms with Crippen LogP contribution in [0.5, 0.6) is 5.75 Å². The monoisotopic (exact) mass is 211 g/mol. The number of nitrogens with two attached hydrogens (primary N) is 1. The summed E-state index contributed by atoms with van der Waals surface area (Å²) in [6, 6.07) is 5.51. The van der Waals surface area contributed by atoms with E-state index in [0.717, 1.165) is 16.9 Å². The van der Waals surface area contributed by atoms with Gasteiger partial charge in [0.25, 0.3) is 0 Å². The van der Waals surface area contributed by atoms with E-state index in [9.17, 15) is 0 Å². The first-order valence-corrected chi connectivity index (χ1v) is 4.76. The third-order valence-electron chi connectivity index (χ3n) is 1.92. The van der Waals surface area contributed by atoms with Crippen molar-refractivity contribution >= 4 is 17.7 Å². The van der Waals surface area contributed by atoms with Crippen LogP contribution in [-0.2, 0) is 0 Å². The molecule has 1 aromatic carbocycles. The average molecular weight is 212 g/mol. The Bertz CT molecular complexity index is 347. The van der Waals surface area contributed by atoms with Crippen molar-refractivity contribution in [3.8, 4) is 5.75 Å². The lowest BCUT2D eigenvalue weighted by Gasteiger charge is -2.06. The molecule has 0 amide bonds. The van der Waals surface area contributed by atoms with E-state index in [1.165, 1.54) is 0 Å². The van der Waals surface area contributed by atoms with Crippen molar-refractivity contribution in [2.45, 2.75) is 6.92 Å². The average Bonchev–Trinajstić information content (AvgIpc) is 2.18. The quantitative estimate of drug-likeness (QED) is 0.835. The van der Waals surface area contributed by atoms with Gasteiger partial charge in [0.2, 0.25) is 0 Å². The number of hydrogen-bond donors (Lipinski definition) is 1. The molecule has 0 aliphatic carbocycles. The first kappa shape index (κ1) is 11.1. The molecule has 0 aliphatic heterocycles. The summed E-state index contributed by atoms with van der Waals surface area (Å²) in [5, 5.41) is 0.696. The van der Waals surface area contributed by atoms with E-state index < -0.39 is 0 Å². The Kier molecular flexibility index (Phi) is 3.98. The van der Waals surface area contributed by atoms with Gasteiger partial charge < -0.3 is 10.5 Å². The molecule has 2 nitrogen and oxygen atoms in total. The van der Waals surface area contributed by atoms with Crippen LogP contribution >= 0.6 is 11.6 Å². The van der Waals surface area contributed by atoms with Crippen LogP contribution in [0.25, 0.3) is 6.08 Å². The second-order valence-electron chi connectivity index (χ2n) is 3.08. The smallest absolute Gasteiger partial charge is 0.126 e. The Balaban J connectivity index is 3.11. The van der Waals surface area contributed by atoms with Gasteiger partial charge in [0.1, 0.15) is 5.75 Å². The summed E-state index contributed by atoms with van der Waals surface area (Å²) in [6.07, 6.45) is 1.98. The fourth-order valence-electron chi connectivity index (χ4n) is 1.14. The maximum absolute atomic E-state index is 5.88. The predicted octanol–water partition coefficient (Wildman–Crippen LogP) is 2.71. The lowest BCUT2D eigenvalue weighted by molar-refractivity contribution is 0.414. The molecule has 0 saturated carbocycles. The molecule has 0 radical (unpaired) electrons. The summed E-state index contributed by atoms with van der Waals surface area (Å²) in [4.78, 5) is 0. The standard InChI is InChI=1S/C11H14ClNO/c1-8(7-13)5-9-6-10(12)3-4-11(9)14-2/h3-6H,7,13H2,1-2H3/b8-5-. The van der Waals surface area contributed by atoms with Crippen molar-refractivity contribution < 1.29 is 4.74 Å². The van der Waals surface area contributed by atoms with Gasteiger partial charge in [-0.05, 0) is 25.1 Å². The molecule has 0 spiro atoms.